The highest BCUT2D eigenvalue weighted by Crippen LogP contribution is 2.34. The molecule has 0 aromatic heterocycles. The monoisotopic (exact) mass is 370 g/mol. The van der Waals surface area contributed by atoms with E-state index in [0.717, 1.165) is 12.8 Å². The number of hydrogen-bond acceptors (Lipinski definition) is 0. The van der Waals surface area contributed by atoms with Crippen LogP contribution in [0, 0.1) is 23.7 Å². The van der Waals surface area contributed by atoms with Crippen LogP contribution in [-0.4, -0.2) is 0 Å². The van der Waals surface area contributed by atoms with Gasteiger partial charge in [0.05, 0.1) is 11.8 Å². The van der Waals surface area contributed by atoms with Crippen molar-refractivity contribution in [2.75, 3.05) is 0 Å². The van der Waals surface area contributed by atoms with E-state index in [4.69, 9.17) is 0 Å². The molecule has 2 aromatic carbocycles. The lowest BCUT2D eigenvalue weighted by Crippen LogP contribution is -2.09. The quantitative estimate of drug-likeness (QED) is 0.475. The van der Waals surface area contributed by atoms with Crippen LogP contribution in [-0.2, 0) is 0 Å². The zero-order valence-corrected chi connectivity index (χ0v) is 18.3. The van der Waals surface area contributed by atoms with E-state index in [2.05, 4.69) is 114 Å². The Balaban J connectivity index is 2.50. The SMILES string of the molecule is CCC#C[C@@H](c1ccc(C(C)C)cc1)[C@@H](C#CCC)c1ccc(C(C)C)cc1. The summed E-state index contributed by atoms with van der Waals surface area (Å²) < 4.78 is 0. The molecule has 2 rings (SSSR count). The molecule has 0 heteroatoms. The van der Waals surface area contributed by atoms with Crippen LogP contribution < -0.4 is 0 Å². The standard InChI is InChI=1S/C28H34/c1-7-9-11-27(25-17-13-23(14-18-25)21(3)4)28(12-10-8-2)26-19-15-24(16-20-26)22(5)6/h13-22,27-28H,7-8H2,1-6H3/t27-,28-/m0/s1. The first-order valence-corrected chi connectivity index (χ1v) is 10.6. The molecule has 0 aliphatic rings. The molecular formula is C28H34. The fraction of sp³-hybridized carbons (Fsp3) is 0.429. The zero-order valence-electron chi connectivity index (χ0n) is 18.3. The van der Waals surface area contributed by atoms with Crippen LogP contribution in [0.3, 0.4) is 0 Å². The predicted octanol–water partition coefficient (Wildman–Crippen LogP) is 7.63. The van der Waals surface area contributed by atoms with Gasteiger partial charge in [0, 0.05) is 12.8 Å². The van der Waals surface area contributed by atoms with E-state index in [1.807, 2.05) is 0 Å². The molecule has 0 amide bonds. The van der Waals surface area contributed by atoms with Crippen LogP contribution in [0.15, 0.2) is 48.5 Å². The van der Waals surface area contributed by atoms with Crippen LogP contribution in [0.5, 0.6) is 0 Å². The van der Waals surface area contributed by atoms with Crippen molar-refractivity contribution in [2.24, 2.45) is 0 Å². The van der Waals surface area contributed by atoms with E-state index < -0.39 is 0 Å². The lowest BCUT2D eigenvalue weighted by atomic mass is 9.81. The second kappa shape index (κ2) is 10.8. The summed E-state index contributed by atoms with van der Waals surface area (Å²) in [7, 11) is 0. The fourth-order valence-electron chi connectivity index (χ4n) is 3.32. The van der Waals surface area contributed by atoms with E-state index >= 15 is 0 Å². The van der Waals surface area contributed by atoms with Crippen molar-refractivity contribution < 1.29 is 0 Å². The van der Waals surface area contributed by atoms with Gasteiger partial charge in [0.2, 0.25) is 0 Å². The van der Waals surface area contributed by atoms with E-state index in [0.29, 0.717) is 11.8 Å². The third-order valence-electron chi connectivity index (χ3n) is 5.13. The van der Waals surface area contributed by atoms with Gasteiger partial charge in [-0.1, -0.05) is 102 Å². The summed E-state index contributed by atoms with van der Waals surface area (Å²) in [4.78, 5) is 0. The molecule has 0 aliphatic heterocycles. The molecule has 0 spiro atoms. The minimum absolute atomic E-state index is 0.0881. The Labute approximate surface area is 172 Å². The number of hydrogen-bond donors (Lipinski definition) is 0. The van der Waals surface area contributed by atoms with Crippen LogP contribution >= 0.6 is 0 Å². The van der Waals surface area contributed by atoms with Gasteiger partial charge < -0.3 is 0 Å². The molecule has 0 radical (unpaired) electrons. The summed E-state index contributed by atoms with van der Waals surface area (Å²) in [6.45, 7) is 13.1. The van der Waals surface area contributed by atoms with Gasteiger partial charge in [-0.05, 0) is 34.1 Å². The van der Waals surface area contributed by atoms with Gasteiger partial charge in [-0.25, -0.2) is 0 Å². The van der Waals surface area contributed by atoms with Gasteiger partial charge in [0.1, 0.15) is 0 Å². The molecule has 0 bridgehead atoms. The van der Waals surface area contributed by atoms with Crippen molar-refractivity contribution in [3.8, 4) is 23.7 Å². The minimum Gasteiger partial charge on any atom is -0.103 e. The Kier molecular flexibility index (Phi) is 8.42. The fourth-order valence-corrected chi connectivity index (χ4v) is 3.32. The van der Waals surface area contributed by atoms with Crippen molar-refractivity contribution in [3.63, 3.8) is 0 Å². The summed E-state index contributed by atoms with van der Waals surface area (Å²) in [6.07, 6.45) is 1.72. The van der Waals surface area contributed by atoms with Gasteiger partial charge in [-0.3, -0.25) is 0 Å². The van der Waals surface area contributed by atoms with Crippen LogP contribution in [0.25, 0.3) is 0 Å². The second-order valence-electron chi connectivity index (χ2n) is 7.95. The normalized spacial score (nSPS) is 12.7. The van der Waals surface area contributed by atoms with Gasteiger partial charge in [0.25, 0.3) is 0 Å². The van der Waals surface area contributed by atoms with Gasteiger partial charge in [0.15, 0.2) is 0 Å². The highest BCUT2D eigenvalue weighted by molar-refractivity contribution is 5.42. The molecule has 146 valence electrons. The van der Waals surface area contributed by atoms with Crippen LogP contribution in [0.4, 0.5) is 0 Å². The topological polar surface area (TPSA) is 0 Å². The minimum atomic E-state index is 0.0881. The summed E-state index contributed by atoms with van der Waals surface area (Å²) in [5.41, 5.74) is 5.24. The summed E-state index contributed by atoms with van der Waals surface area (Å²) in [5, 5.41) is 0. The van der Waals surface area contributed by atoms with E-state index in [1.165, 1.54) is 22.3 Å². The third kappa shape index (κ3) is 5.78. The summed E-state index contributed by atoms with van der Waals surface area (Å²) in [5.74, 6) is 14.9. The molecule has 2 aromatic rings. The van der Waals surface area contributed by atoms with Crippen molar-refractivity contribution in [1.29, 1.82) is 0 Å². The Hall–Kier alpha value is -2.44. The first-order valence-electron chi connectivity index (χ1n) is 10.6. The van der Waals surface area contributed by atoms with Crippen molar-refractivity contribution in [1.82, 2.24) is 0 Å². The summed E-state index contributed by atoms with van der Waals surface area (Å²) in [6, 6.07) is 17.9. The molecule has 0 saturated carbocycles. The summed E-state index contributed by atoms with van der Waals surface area (Å²) >= 11 is 0. The van der Waals surface area contributed by atoms with E-state index in [9.17, 15) is 0 Å². The van der Waals surface area contributed by atoms with E-state index in [1.54, 1.807) is 0 Å². The molecule has 0 nitrogen and oxygen atoms in total. The Morgan fingerprint density at radius 3 is 1.07 bits per heavy atom. The Bertz CT molecular complexity index is 767. The first-order chi connectivity index (χ1) is 13.5. The maximum Gasteiger partial charge on any atom is 0.0630 e. The first kappa shape index (κ1) is 21.9. The molecule has 28 heavy (non-hydrogen) atoms. The van der Waals surface area contributed by atoms with Gasteiger partial charge >= 0.3 is 0 Å². The second-order valence-corrected chi connectivity index (χ2v) is 7.95. The molecular weight excluding hydrogens is 336 g/mol. The van der Waals surface area contributed by atoms with E-state index in [-0.39, 0.29) is 11.8 Å². The van der Waals surface area contributed by atoms with Gasteiger partial charge in [-0.15, -0.1) is 11.8 Å². The lowest BCUT2D eigenvalue weighted by Gasteiger charge is -2.21. The molecule has 2 atom stereocenters. The third-order valence-corrected chi connectivity index (χ3v) is 5.13. The molecule has 0 N–H and O–H groups in total. The zero-order chi connectivity index (χ0) is 20.5. The van der Waals surface area contributed by atoms with Crippen LogP contribution in [0.1, 0.15) is 100 Å². The number of rotatable bonds is 5. The van der Waals surface area contributed by atoms with Crippen LogP contribution in [0.2, 0.25) is 0 Å². The number of benzene rings is 2. The lowest BCUT2D eigenvalue weighted by molar-refractivity contribution is 0.773. The molecule has 0 heterocycles. The van der Waals surface area contributed by atoms with Gasteiger partial charge in [-0.2, -0.15) is 0 Å². The molecule has 0 unspecified atom stereocenters. The van der Waals surface area contributed by atoms with Crippen molar-refractivity contribution in [3.05, 3.63) is 70.8 Å². The average Bonchev–Trinajstić information content (AvgIpc) is 2.70. The average molecular weight is 371 g/mol. The smallest absolute Gasteiger partial charge is 0.0630 e. The maximum atomic E-state index is 3.53. The molecule has 0 fully saturated rings. The van der Waals surface area contributed by atoms with Crippen molar-refractivity contribution >= 4 is 0 Å². The van der Waals surface area contributed by atoms with Crippen molar-refractivity contribution in [2.45, 2.75) is 78.1 Å². The Morgan fingerprint density at radius 2 is 0.821 bits per heavy atom. The molecule has 0 aliphatic carbocycles. The largest absolute Gasteiger partial charge is 0.103 e. The maximum absolute atomic E-state index is 3.53. The predicted molar refractivity (Wildman–Crippen MR) is 123 cm³/mol. The molecule has 0 saturated heterocycles. The highest BCUT2D eigenvalue weighted by Gasteiger charge is 2.22. The highest BCUT2D eigenvalue weighted by atomic mass is 14.2. The Morgan fingerprint density at radius 1 is 0.536 bits per heavy atom.